The van der Waals surface area contributed by atoms with Crippen LogP contribution in [0.15, 0.2) is 29.2 Å². The molecule has 130 valence electrons. The molecule has 23 heavy (non-hydrogen) atoms. The van der Waals surface area contributed by atoms with Gasteiger partial charge in [-0.1, -0.05) is 38.5 Å². The lowest BCUT2D eigenvalue weighted by molar-refractivity contribution is -0.123. The van der Waals surface area contributed by atoms with Crippen LogP contribution in [0.5, 0.6) is 0 Å². The summed E-state index contributed by atoms with van der Waals surface area (Å²) in [4.78, 5) is 12.5. The summed E-state index contributed by atoms with van der Waals surface area (Å²) in [7, 11) is -3.72. The highest BCUT2D eigenvalue weighted by atomic mass is 32.2. The Bertz CT molecular complexity index is 609. The molecule has 1 aromatic rings. The predicted molar refractivity (Wildman–Crippen MR) is 92.6 cm³/mol. The number of amides is 1. The van der Waals surface area contributed by atoms with Crippen LogP contribution in [0.1, 0.15) is 46.1 Å². The second-order valence-electron chi connectivity index (χ2n) is 6.43. The zero-order chi connectivity index (χ0) is 17.6. The Morgan fingerprint density at radius 3 is 2.17 bits per heavy atom. The molecule has 1 amide bonds. The first-order valence-electron chi connectivity index (χ1n) is 8.05. The van der Waals surface area contributed by atoms with Crippen LogP contribution in [0.2, 0.25) is 0 Å². The zero-order valence-corrected chi connectivity index (χ0v) is 15.4. The molecule has 0 saturated carbocycles. The molecule has 0 unspecified atom stereocenters. The van der Waals surface area contributed by atoms with Crippen molar-refractivity contribution in [1.82, 2.24) is 10.0 Å². The van der Waals surface area contributed by atoms with E-state index in [-0.39, 0.29) is 22.8 Å². The van der Waals surface area contributed by atoms with Gasteiger partial charge < -0.3 is 5.32 Å². The summed E-state index contributed by atoms with van der Waals surface area (Å²) in [5.41, 5.74) is 0.984. The van der Waals surface area contributed by atoms with Gasteiger partial charge in [-0.25, -0.2) is 8.42 Å². The Morgan fingerprint density at radius 1 is 1.13 bits per heavy atom. The van der Waals surface area contributed by atoms with Crippen LogP contribution >= 0.6 is 0 Å². The number of hydrogen-bond acceptors (Lipinski definition) is 3. The number of aryl methyl sites for hydroxylation is 1. The fraction of sp³-hybridized carbons (Fsp3) is 0.588. The highest BCUT2D eigenvalue weighted by molar-refractivity contribution is 7.89. The van der Waals surface area contributed by atoms with E-state index in [9.17, 15) is 13.2 Å². The van der Waals surface area contributed by atoms with Gasteiger partial charge in [-0.15, -0.1) is 0 Å². The standard InChI is InChI=1S/C17H28N2O3S/c1-6-14(5)18-17(20)16(11-12(2)3)19-23(21,22)15-9-7-13(4)8-10-15/h7-10,12,14,16,19H,6,11H2,1-5H3,(H,18,20)/t14-,16-/m0/s1. The molecule has 0 aromatic heterocycles. The SMILES string of the molecule is CC[C@H](C)NC(=O)[C@H](CC(C)C)NS(=O)(=O)c1ccc(C)cc1. The van der Waals surface area contributed by atoms with E-state index in [1.54, 1.807) is 24.3 Å². The maximum Gasteiger partial charge on any atom is 0.241 e. The monoisotopic (exact) mass is 340 g/mol. The number of rotatable bonds is 8. The smallest absolute Gasteiger partial charge is 0.241 e. The van der Waals surface area contributed by atoms with E-state index < -0.39 is 16.1 Å². The van der Waals surface area contributed by atoms with E-state index in [2.05, 4.69) is 10.0 Å². The average molecular weight is 340 g/mol. The van der Waals surface area contributed by atoms with Crippen molar-refractivity contribution >= 4 is 15.9 Å². The fourth-order valence-electron chi connectivity index (χ4n) is 2.10. The van der Waals surface area contributed by atoms with Gasteiger partial charge in [0.15, 0.2) is 0 Å². The molecule has 5 nitrogen and oxygen atoms in total. The summed E-state index contributed by atoms with van der Waals surface area (Å²) in [5.74, 6) is -0.0767. The van der Waals surface area contributed by atoms with Crippen molar-refractivity contribution in [3.63, 3.8) is 0 Å². The van der Waals surface area contributed by atoms with Crippen LogP contribution in [0.3, 0.4) is 0 Å². The van der Waals surface area contributed by atoms with Crippen molar-refractivity contribution in [3.05, 3.63) is 29.8 Å². The topological polar surface area (TPSA) is 75.3 Å². The van der Waals surface area contributed by atoms with E-state index in [1.165, 1.54) is 0 Å². The van der Waals surface area contributed by atoms with E-state index in [0.29, 0.717) is 6.42 Å². The third kappa shape index (κ3) is 6.31. The molecule has 0 aliphatic heterocycles. The summed E-state index contributed by atoms with van der Waals surface area (Å²) in [6.07, 6.45) is 1.25. The lowest BCUT2D eigenvalue weighted by atomic mass is 10.0. The summed E-state index contributed by atoms with van der Waals surface area (Å²) in [6.45, 7) is 9.69. The number of benzene rings is 1. The minimum atomic E-state index is -3.72. The Balaban J connectivity index is 2.95. The first kappa shape index (κ1) is 19.6. The lowest BCUT2D eigenvalue weighted by Crippen LogP contribution is -2.49. The van der Waals surface area contributed by atoms with Crippen LogP contribution in [0, 0.1) is 12.8 Å². The van der Waals surface area contributed by atoms with Crippen molar-refractivity contribution in [3.8, 4) is 0 Å². The first-order valence-corrected chi connectivity index (χ1v) is 9.53. The molecule has 0 radical (unpaired) electrons. The molecule has 0 spiro atoms. The average Bonchev–Trinajstić information content (AvgIpc) is 2.46. The van der Waals surface area contributed by atoms with Crippen molar-refractivity contribution in [1.29, 1.82) is 0 Å². The normalized spacial score (nSPS) is 14.5. The van der Waals surface area contributed by atoms with Gasteiger partial charge in [0.05, 0.1) is 4.90 Å². The van der Waals surface area contributed by atoms with E-state index >= 15 is 0 Å². The minimum Gasteiger partial charge on any atom is -0.352 e. The first-order chi connectivity index (χ1) is 10.7. The zero-order valence-electron chi connectivity index (χ0n) is 14.6. The Hall–Kier alpha value is -1.40. The van der Waals surface area contributed by atoms with Gasteiger partial charge in [-0.2, -0.15) is 4.72 Å². The minimum absolute atomic E-state index is 0.0149. The highest BCUT2D eigenvalue weighted by Gasteiger charge is 2.27. The fourth-order valence-corrected chi connectivity index (χ4v) is 3.31. The maximum absolute atomic E-state index is 12.5. The molecule has 1 aromatic carbocycles. The van der Waals surface area contributed by atoms with Gasteiger partial charge in [0.1, 0.15) is 6.04 Å². The number of carbonyl (C=O) groups excluding carboxylic acids is 1. The largest absolute Gasteiger partial charge is 0.352 e. The van der Waals surface area contributed by atoms with Crippen LogP contribution < -0.4 is 10.0 Å². The molecular weight excluding hydrogens is 312 g/mol. The number of nitrogens with one attached hydrogen (secondary N) is 2. The number of sulfonamides is 1. The number of carbonyl (C=O) groups is 1. The Labute approximate surface area is 139 Å². The number of hydrogen-bond donors (Lipinski definition) is 2. The van der Waals surface area contributed by atoms with Crippen molar-refractivity contribution in [2.45, 2.75) is 64.4 Å². The highest BCUT2D eigenvalue weighted by Crippen LogP contribution is 2.13. The van der Waals surface area contributed by atoms with Crippen LogP contribution in [0.25, 0.3) is 0 Å². The lowest BCUT2D eigenvalue weighted by Gasteiger charge is -2.22. The van der Waals surface area contributed by atoms with Crippen molar-refractivity contribution < 1.29 is 13.2 Å². The van der Waals surface area contributed by atoms with Gasteiger partial charge >= 0.3 is 0 Å². The van der Waals surface area contributed by atoms with Crippen molar-refractivity contribution in [2.24, 2.45) is 5.92 Å². The van der Waals surface area contributed by atoms with Crippen LogP contribution in [0.4, 0.5) is 0 Å². The van der Waals surface area contributed by atoms with Gasteiger partial charge in [0.2, 0.25) is 15.9 Å². The van der Waals surface area contributed by atoms with E-state index in [0.717, 1.165) is 12.0 Å². The predicted octanol–water partition coefficient (Wildman–Crippen LogP) is 2.60. The van der Waals surface area contributed by atoms with Gasteiger partial charge in [0.25, 0.3) is 0 Å². The quantitative estimate of drug-likeness (QED) is 0.764. The van der Waals surface area contributed by atoms with E-state index in [1.807, 2.05) is 34.6 Å². The molecule has 0 fully saturated rings. The molecule has 0 bridgehead atoms. The molecule has 6 heteroatoms. The van der Waals surface area contributed by atoms with E-state index in [4.69, 9.17) is 0 Å². The molecule has 2 N–H and O–H groups in total. The molecule has 0 aliphatic carbocycles. The van der Waals surface area contributed by atoms with Crippen LogP contribution in [-0.4, -0.2) is 26.4 Å². The van der Waals surface area contributed by atoms with Gasteiger partial charge in [-0.3, -0.25) is 4.79 Å². The third-order valence-electron chi connectivity index (χ3n) is 3.65. The van der Waals surface area contributed by atoms with Gasteiger partial charge in [-0.05, 0) is 44.7 Å². The van der Waals surface area contributed by atoms with Gasteiger partial charge in [0, 0.05) is 6.04 Å². The molecule has 0 heterocycles. The molecule has 0 saturated heterocycles. The summed E-state index contributed by atoms with van der Waals surface area (Å²) < 4.78 is 27.6. The molecular formula is C17H28N2O3S. The van der Waals surface area contributed by atoms with Crippen LogP contribution in [-0.2, 0) is 14.8 Å². The second-order valence-corrected chi connectivity index (χ2v) is 8.15. The Morgan fingerprint density at radius 2 is 1.70 bits per heavy atom. The molecule has 2 atom stereocenters. The Kier molecular flexibility index (Phi) is 7.22. The molecule has 1 rings (SSSR count). The summed E-state index contributed by atoms with van der Waals surface area (Å²) >= 11 is 0. The third-order valence-corrected chi connectivity index (χ3v) is 5.14. The summed E-state index contributed by atoms with van der Waals surface area (Å²) in [6, 6.07) is 5.83. The second kappa shape index (κ2) is 8.45. The maximum atomic E-state index is 12.5. The van der Waals surface area contributed by atoms with Crippen molar-refractivity contribution in [2.75, 3.05) is 0 Å². The summed E-state index contributed by atoms with van der Waals surface area (Å²) in [5, 5.41) is 2.85. The molecule has 0 aliphatic rings.